The van der Waals surface area contributed by atoms with Crippen molar-refractivity contribution in [2.75, 3.05) is 0 Å². The van der Waals surface area contributed by atoms with Crippen molar-refractivity contribution in [3.8, 4) is 0 Å². The van der Waals surface area contributed by atoms with E-state index in [0.717, 1.165) is 4.86 Å². The van der Waals surface area contributed by atoms with Crippen molar-refractivity contribution in [2.45, 2.75) is 5.92 Å². The lowest BCUT2D eigenvalue weighted by atomic mass is 9.77. The Morgan fingerprint density at radius 2 is 1.16 bits per heavy atom. The van der Waals surface area contributed by atoms with Gasteiger partial charge in [0, 0.05) is 10.8 Å². The van der Waals surface area contributed by atoms with Gasteiger partial charge in [-0.2, -0.15) is 0 Å². The quantitative estimate of drug-likeness (QED) is 0.519. The summed E-state index contributed by atoms with van der Waals surface area (Å²) in [4.78, 5) is 0.838. The largest absolute Gasteiger partial charge is 0.0832 e. The van der Waals surface area contributed by atoms with Crippen LogP contribution in [0.5, 0.6) is 0 Å². The predicted octanol–water partition coefficient (Wildman–Crippen LogP) is 6.12. The highest BCUT2D eigenvalue weighted by Crippen LogP contribution is 2.42. The van der Waals surface area contributed by atoms with Crippen LogP contribution in [0.3, 0.4) is 0 Å². The van der Waals surface area contributed by atoms with Crippen LogP contribution in [0.1, 0.15) is 22.6 Å². The maximum absolute atomic E-state index is 5.71. The first kappa shape index (κ1) is 15.7. The van der Waals surface area contributed by atoms with Gasteiger partial charge < -0.3 is 0 Å². The van der Waals surface area contributed by atoms with Crippen LogP contribution in [-0.2, 0) is 0 Å². The van der Waals surface area contributed by atoms with E-state index in [-0.39, 0.29) is 5.92 Å². The van der Waals surface area contributed by atoms with E-state index in [9.17, 15) is 0 Å². The molecule has 1 atom stereocenters. The third-order valence-corrected chi connectivity index (χ3v) is 4.86. The van der Waals surface area contributed by atoms with Gasteiger partial charge in [-0.15, -0.1) is 0 Å². The van der Waals surface area contributed by atoms with E-state index in [1.807, 2.05) is 24.3 Å². The Balaban J connectivity index is 1.98. The lowest BCUT2D eigenvalue weighted by Crippen LogP contribution is -2.15. The smallest absolute Gasteiger partial charge is 0.0460 e. The molecule has 0 nitrogen and oxygen atoms in total. The summed E-state index contributed by atoms with van der Waals surface area (Å²) in [5, 5.41) is 0. The maximum atomic E-state index is 5.71. The van der Waals surface area contributed by atoms with Crippen LogP contribution in [0.15, 0.2) is 97.1 Å². The number of hydrogen-bond acceptors (Lipinski definition) is 1. The average molecular weight is 337 g/mol. The first-order valence-electron chi connectivity index (χ1n) is 8.38. The number of hydrogen-bond donors (Lipinski definition) is 0. The molecule has 0 heterocycles. The summed E-state index contributed by atoms with van der Waals surface area (Å²) in [5.41, 5.74) is 6.05. The first-order chi connectivity index (χ1) is 12.3. The molecule has 1 unspecified atom stereocenters. The summed E-state index contributed by atoms with van der Waals surface area (Å²) >= 11 is 5.71. The molecule has 0 aliphatic heterocycles. The standard InChI is InChI=1S/C24H17S/c25-22-17-16-21(18-10-4-1-5-11-18)23(19-12-6-2-7-13-19)24(22)20-14-8-3-9-15-20/h1-16,24H. The van der Waals surface area contributed by atoms with E-state index in [0.29, 0.717) is 0 Å². The molecule has 0 fully saturated rings. The van der Waals surface area contributed by atoms with Crippen molar-refractivity contribution in [1.82, 2.24) is 0 Å². The maximum Gasteiger partial charge on any atom is 0.0460 e. The molecule has 0 aromatic heterocycles. The van der Waals surface area contributed by atoms with Gasteiger partial charge in [0.2, 0.25) is 0 Å². The van der Waals surface area contributed by atoms with Gasteiger partial charge in [0.05, 0.1) is 0 Å². The second-order valence-corrected chi connectivity index (χ2v) is 6.50. The number of thiocarbonyl (C=S) groups is 1. The molecule has 1 radical (unpaired) electrons. The molecular formula is C24H17S. The zero-order valence-corrected chi connectivity index (χ0v) is 14.5. The van der Waals surface area contributed by atoms with Crippen molar-refractivity contribution < 1.29 is 0 Å². The van der Waals surface area contributed by atoms with Crippen LogP contribution in [-0.4, -0.2) is 4.86 Å². The van der Waals surface area contributed by atoms with E-state index in [1.54, 1.807) is 0 Å². The lowest BCUT2D eigenvalue weighted by molar-refractivity contribution is 1.17. The van der Waals surface area contributed by atoms with Crippen molar-refractivity contribution in [2.24, 2.45) is 0 Å². The normalized spacial score (nSPS) is 17.0. The van der Waals surface area contributed by atoms with Gasteiger partial charge in [0.15, 0.2) is 0 Å². The van der Waals surface area contributed by atoms with E-state index >= 15 is 0 Å². The van der Waals surface area contributed by atoms with Crippen LogP contribution in [0, 0.1) is 6.08 Å². The van der Waals surface area contributed by atoms with Crippen LogP contribution in [0.2, 0.25) is 0 Å². The Morgan fingerprint density at radius 1 is 0.640 bits per heavy atom. The van der Waals surface area contributed by atoms with Crippen LogP contribution >= 0.6 is 12.2 Å². The summed E-state index contributed by atoms with van der Waals surface area (Å²) in [6.07, 6.45) is 5.37. The van der Waals surface area contributed by atoms with Crippen LogP contribution in [0.4, 0.5) is 0 Å². The molecule has 0 spiro atoms. The molecule has 1 heteroatoms. The molecule has 1 aliphatic rings. The third-order valence-electron chi connectivity index (χ3n) is 4.50. The van der Waals surface area contributed by atoms with Crippen molar-refractivity contribution in [3.05, 3.63) is 120 Å². The summed E-state index contributed by atoms with van der Waals surface area (Å²) in [6, 6.07) is 31.5. The fourth-order valence-corrected chi connectivity index (χ4v) is 3.66. The molecule has 0 N–H and O–H groups in total. The van der Waals surface area contributed by atoms with Crippen molar-refractivity contribution >= 4 is 28.2 Å². The average Bonchev–Trinajstić information content (AvgIpc) is 2.70. The van der Waals surface area contributed by atoms with Gasteiger partial charge in [-0.25, -0.2) is 0 Å². The molecule has 1 aliphatic carbocycles. The predicted molar refractivity (Wildman–Crippen MR) is 109 cm³/mol. The van der Waals surface area contributed by atoms with Gasteiger partial charge in [-0.3, -0.25) is 0 Å². The fourth-order valence-electron chi connectivity index (χ4n) is 3.35. The molecule has 3 aromatic carbocycles. The molecule has 3 aromatic rings. The van der Waals surface area contributed by atoms with Crippen molar-refractivity contribution in [3.63, 3.8) is 0 Å². The van der Waals surface area contributed by atoms with Gasteiger partial charge in [-0.1, -0.05) is 103 Å². The van der Waals surface area contributed by atoms with E-state index < -0.39 is 0 Å². The third kappa shape index (κ3) is 3.11. The van der Waals surface area contributed by atoms with E-state index in [1.165, 1.54) is 27.8 Å². The Labute approximate surface area is 154 Å². The molecule has 4 rings (SSSR count). The molecule has 0 saturated carbocycles. The zero-order chi connectivity index (χ0) is 17.1. The molecule has 0 amide bonds. The zero-order valence-electron chi connectivity index (χ0n) is 13.7. The number of allylic oxidation sites excluding steroid dienone is 4. The number of rotatable bonds is 3. The minimum atomic E-state index is 0.0406. The van der Waals surface area contributed by atoms with Gasteiger partial charge in [0.25, 0.3) is 0 Å². The van der Waals surface area contributed by atoms with Crippen LogP contribution in [0.25, 0.3) is 11.1 Å². The molecular weight excluding hydrogens is 320 g/mol. The highest BCUT2D eigenvalue weighted by atomic mass is 32.1. The second-order valence-electron chi connectivity index (χ2n) is 6.06. The second kappa shape index (κ2) is 7.00. The fraction of sp³-hybridized carbons (Fsp3) is 0.0417. The lowest BCUT2D eigenvalue weighted by Gasteiger charge is -2.27. The molecule has 119 valence electrons. The molecule has 25 heavy (non-hydrogen) atoms. The summed E-state index contributed by atoms with van der Waals surface area (Å²) in [7, 11) is 0. The van der Waals surface area contributed by atoms with Gasteiger partial charge in [-0.05, 0) is 40.0 Å². The summed E-state index contributed by atoms with van der Waals surface area (Å²) in [5.74, 6) is 0.0406. The molecule has 0 bridgehead atoms. The Bertz CT molecular complexity index is 935. The topological polar surface area (TPSA) is 0 Å². The Kier molecular flexibility index (Phi) is 4.41. The SMILES string of the molecule is S=C1[C]=CC(c2ccccc2)=C(c2ccccc2)C1c1ccccc1. The Hall–Kier alpha value is -2.77. The van der Waals surface area contributed by atoms with Gasteiger partial charge in [0.1, 0.15) is 0 Å². The van der Waals surface area contributed by atoms with E-state index in [4.69, 9.17) is 12.2 Å². The number of benzene rings is 3. The summed E-state index contributed by atoms with van der Waals surface area (Å²) < 4.78 is 0. The minimum Gasteiger partial charge on any atom is -0.0832 e. The first-order valence-corrected chi connectivity index (χ1v) is 8.79. The highest BCUT2D eigenvalue weighted by Gasteiger charge is 2.27. The van der Waals surface area contributed by atoms with Crippen molar-refractivity contribution in [1.29, 1.82) is 0 Å². The molecule has 0 saturated heterocycles. The van der Waals surface area contributed by atoms with Gasteiger partial charge >= 0.3 is 0 Å². The summed E-state index contributed by atoms with van der Waals surface area (Å²) in [6.45, 7) is 0. The van der Waals surface area contributed by atoms with Crippen LogP contribution < -0.4 is 0 Å². The highest BCUT2D eigenvalue weighted by molar-refractivity contribution is 7.80. The Morgan fingerprint density at radius 3 is 1.76 bits per heavy atom. The van der Waals surface area contributed by atoms with E-state index in [2.05, 4.69) is 78.9 Å². The monoisotopic (exact) mass is 337 g/mol. The minimum absolute atomic E-state index is 0.0406.